The van der Waals surface area contributed by atoms with Gasteiger partial charge in [0.05, 0.1) is 0 Å². The predicted molar refractivity (Wildman–Crippen MR) is 108 cm³/mol. The maximum atomic E-state index is 11.9. The van der Waals surface area contributed by atoms with E-state index in [1.807, 2.05) is 13.0 Å². The monoisotopic (exact) mass is 370 g/mol. The zero-order valence-electron chi connectivity index (χ0n) is 16.7. The van der Waals surface area contributed by atoms with Gasteiger partial charge in [-0.3, -0.25) is 4.90 Å². The Bertz CT molecular complexity index is 654. The number of amides is 1. The van der Waals surface area contributed by atoms with E-state index in [1.54, 1.807) is 0 Å². The van der Waals surface area contributed by atoms with E-state index in [9.17, 15) is 4.79 Å². The van der Waals surface area contributed by atoms with Crippen molar-refractivity contribution in [3.8, 4) is 5.75 Å². The van der Waals surface area contributed by atoms with Crippen molar-refractivity contribution in [1.29, 1.82) is 0 Å². The van der Waals surface area contributed by atoms with Gasteiger partial charge in [-0.25, -0.2) is 4.79 Å². The molecule has 1 aromatic carbocycles. The van der Waals surface area contributed by atoms with Crippen LogP contribution in [0.1, 0.15) is 75.3 Å². The summed E-state index contributed by atoms with van der Waals surface area (Å²) in [5, 5.41) is 2.73. The van der Waals surface area contributed by atoms with Crippen molar-refractivity contribution in [2.75, 3.05) is 19.6 Å². The van der Waals surface area contributed by atoms with Crippen LogP contribution >= 0.6 is 0 Å². The van der Waals surface area contributed by atoms with E-state index >= 15 is 0 Å². The maximum absolute atomic E-state index is 11.9. The van der Waals surface area contributed by atoms with Crippen molar-refractivity contribution in [3.63, 3.8) is 0 Å². The van der Waals surface area contributed by atoms with E-state index in [0.29, 0.717) is 18.5 Å². The van der Waals surface area contributed by atoms with Crippen LogP contribution in [-0.4, -0.2) is 36.7 Å². The highest BCUT2D eigenvalue weighted by Gasteiger charge is 2.39. The summed E-state index contributed by atoms with van der Waals surface area (Å²) in [6, 6.07) is 6.95. The number of hydrogen-bond donors (Lipinski definition) is 1. The van der Waals surface area contributed by atoms with E-state index in [-0.39, 0.29) is 6.09 Å². The van der Waals surface area contributed by atoms with Gasteiger partial charge >= 0.3 is 6.09 Å². The molecule has 1 aromatic rings. The number of carbonyl (C=O) groups excluding carboxylic acids is 1. The lowest BCUT2D eigenvalue weighted by Gasteiger charge is -2.35. The second kappa shape index (κ2) is 8.64. The van der Waals surface area contributed by atoms with Gasteiger partial charge in [0.15, 0.2) is 0 Å². The molecule has 1 saturated heterocycles. The quantitative estimate of drug-likeness (QED) is 0.804. The number of nitrogens with one attached hydrogen (secondary N) is 1. The molecule has 2 atom stereocenters. The average molecular weight is 371 g/mol. The standard InChI is InChI=1S/C23H34N2O2/c1-2-24-23(26)27-22-10-6-9-18-19-14-16-25(21(19)12-11-20(18)22)15-13-17-7-4-3-5-8-17/h6,9-10,17,19,21H,2-5,7-8,11-16H2,1H3,(H,24,26)/t19-,21+/m0/s1. The number of carbonyl (C=O) groups is 1. The molecular formula is C23H34N2O2. The Morgan fingerprint density at radius 3 is 2.85 bits per heavy atom. The third kappa shape index (κ3) is 4.16. The van der Waals surface area contributed by atoms with Gasteiger partial charge in [0, 0.05) is 18.5 Å². The minimum absolute atomic E-state index is 0.339. The molecule has 1 saturated carbocycles. The Hall–Kier alpha value is -1.55. The third-order valence-corrected chi connectivity index (χ3v) is 6.99. The smallest absolute Gasteiger partial charge is 0.410 e. The van der Waals surface area contributed by atoms with Crippen molar-refractivity contribution in [2.24, 2.45) is 5.92 Å². The van der Waals surface area contributed by atoms with Gasteiger partial charge in [0.2, 0.25) is 0 Å². The fraction of sp³-hybridized carbons (Fsp3) is 0.696. The molecule has 0 radical (unpaired) electrons. The summed E-state index contributed by atoms with van der Waals surface area (Å²) in [6.45, 7) is 5.00. The second-order valence-corrected chi connectivity index (χ2v) is 8.57. The Balaban J connectivity index is 1.41. The summed E-state index contributed by atoms with van der Waals surface area (Å²) in [5.41, 5.74) is 2.69. The van der Waals surface area contributed by atoms with E-state index < -0.39 is 0 Å². The normalized spacial score (nSPS) is 25.7. The van der Waals surface area contributed by atoms with Crippen LogP contribution in [0.5, 0.6) is 5.75 Å². The van der Waals surface area contributed by atoms with E-state index in [2.05, 4.69) is 22.3 Å². The molecule has 0 unspecified atom stereocenters. The molecule has 0 bridgehead atoms. The van der Waals surface area contributed by atoms with Crippen LogP contribution in [0.4, 0.5) is 4.79 Å². The minimum atomic E-state index is -0.339. The van der Waals surface area contributed by atoms with E-state index in [4.69, 9.17) is 4.74 Å². The number of fused-ring (bicyclic) bond motifs is 3. The molecule has 2 aliphatic carbocycles. The van der Waals surface area contributed by atoms with Gasteiger partial charge in [-0.15, -0.1) is 0 Å². The molecule has 1 amide bonds. The molecule has 27 heavy (non-hydrogen) atoms. The van der Waals surface area contributed by atoms with Crippen LogP contribution in [0.15, 0.2) is 18.2 Å². The Labute approximate surface area is 163 Å². The van der Waals surface area contributed by atoms with Crippen molar-refractivity contribution < 1.29 is 9.53 Å². The Morgan fingerprint density at radius 1 is 1.19 bits per heavy atom. The third-order valence-electron chi connectivity index (χ3n) is 6.99. The number of hydrogen-bond acceptors (Lipinski definition) is 3. The molecule has 1 aliphatic heterocycles. The van der Waals surface area contributed by atoms with Crippen LogP contribution in [-0.2, 0) is 6.42 Å². The molecule has 4 nitrogen and oxygen atoms in total. The van der Waals surface area contributed by atoms with Gasteiger partial charge < -0.3 is 10.1 Å². The predicted octanol–water partition coefficient (Wildman–Crippen LogP) is 4.87. The minimum Gasteiger partial charge on any atom is -0.410 e. The highest BCUT2D eigenvalue weighted by atomic mass is 16.6. The van der Waals surface area contributed by atoms with Crippen molar-refractivity contribution in [1.82, 2.24) is 10.2 Å². The first kappa shape index (κ1) is 18.8. The highest BCUT2D eigenvalue weighted by molar-refractivity contribution is 5.71. The summed E-state index contributed by atoms with van der Waals surface area (Å²) in [6.07, 6.45) is 11.7. The highest BCUT2D eigenvalue weighted by Crippen LogP contribution is 2.44. The first-order valence-corrected chi connectivity index (χ1v) is 11.1. The first-order chi connectivity index (χ1) is 13.3. The van der Waals surface area contributed by atoms with Crippen molar-refractivity contribution >= 4 is 6.09 Å². The molecule has 4 heteroatoms. The second-order valence-electron chi connectivity index (χ2n) is 8.57. The lowest BCUT2D eigenvalue weighted by Crippen LogP contribution is -2.36. The van der Waals surface area contributed by atoms with Gasteiger partial charge in [0.1, 0.15) is 5.75 Å². The molecule has 1 heterocycles. The Kier molecular flexibility index (Phi) is 6.01. The summed E-state index contributed by atoms with van der Waals surface area (Å²) >= 11 is 0. The molecule has 148 valence electrons. The van der Waals surface area contributed by atoms with Gasteiger partial charge in [-0.2, -0.15) is 0 Å². The summed E-state index contributed by atoms with van der Waals surface area (Å²) in [7, 11) is 0. The zero-order valence-corrected chi connectivity index (χ0v) is 16.7. The van der Waals surface area contributed by atoms with Crippen LogP contribution < -0.4 is 10.1 Å². The first-order valence-electron chi connectivity index (χ1n) is 11.1. The van der Waals surface area contributed by atoms with Crippen LogP contribution in [0, 0.1) is 5.92 Å². The van der Waals surface area contributed by atoms with Crippen LogP contribution in [0.2, 0.25) is 0 Å². The fourth-order valence-corrected chi connectivity index (χ4v) is 5.63. The van der Waals surface area contributed by atoms with Crippen LogP contribution in [0.3, 0.4) is 0 Å². The van der Waals surface area contributed by atoms with Gasteiger partial charge in [-0.05, 0) is 68.8 Å². The summed E-state index contributed by atoms with van der Waals surface area (Å²) in [4.78, 5) is 14.6. The Morgan fingerprint density at radius 2 is 2.04 bits per heavy atom. The molecule has 2 fully saturated rings. The fourth-order valence-electron chi connectivity index (χ4n) is 5.63. The molecular weight excluding hydrogens is 336 g/mol. The van der Waals surface area contributed by atoms with Gasteiger partial charge in [-0.1, -0.05) is 44.2 Å². The van der Waals surface area contributed by atoms with E-state index in [1.165, 1.54) is 75.6 Å². The van der Waals surface area contributed by atoms with Crippen molar-refractivity contribution in [3.05, 3.63) is 29.3 Å². The number of likely N-dealkylation sites (tertiary alicyclic amines) is 1. The summed E-state index contributed by atoms with van der Waals surface area (Å²) in [5.74, 6) is 2.33. The number of ether oxygens (including phenoxy) is 1. The molecule has 0 aromatic heterocycles. The molecule has 3 aliphatic rings. The van der Waals surface area contributed by atoms with Gasteiger partial charge in [0.25, 0.3) is 0 Å². The molecule has 1 N–H and O–H groups in total. The molecule has 0 spiro atoms. The lowest BCUT2D eigenvalue weighted by molar-refractivity contribution is 0.195. The lowest BCUT2D eigenvalue weighted by atomic mass is 9.79. The zero-order chi connectivity index (χ0) is 18.6. The average Bonchev–Trinajstić information content (AvgIpc) is 3.11. The van der Waals surface area contributed by atoms with E-state index in [0.717, 1.165) is 18.1 Å². The topological polar surface area (TPSA) is 41.6 Å². The number of benzene rings is 1. The number of nitrogens with zero attached hydrogens (tertiary/aromatic N) is 1. The van der Waals surface area contributed by atoms with Crippen LogP contribution in [0.25, 0.3) is 0 Å². The SMILES string of the molecule is CCNC(=O)Oc1cccc2c1CC[C@@H]1[C@H]2CCN1CCC1CCCCC1. The van der Waals surface area contributed by atoms with Crippen molar-refractivity contribution in [2.45, 2.75) is 76.7 Å². The maximum Gasteiger partial charge on any atom is 0.412 e. The largest absolute Gasteiger partial charge is 0.412 e. The summed E-state index contributed by atoms with van der Waals surface area (Å²) < 4.78 is 5.59. The molecule has 4 rings (SSSR count). The number of rotatable bonds is 5.